The highest BCUT2D eigenvalue weighted by molar-refractivity contribution is 6.22. The van der Waals surface area contributed by atoms with Crippen LogP contribution < -0.4 is 5.32 Å². The van der Waals surface area contributed by atoms with Gasteiger partial charge < -0.3 is 5.32 Å². The number of hydrogen-bond donors (Lipinski definition) is 1. The minimum Gasteiger partial charge on any atom is -0.347 e. The van der Waals surface area contributed by atoms with Gasteiger partial charge in [0.05, 0.1) is 17.2 Å². The highest BCUT2D eigenvalue weighted by Crippen LogP contribution is 2.30. The third kappa shape index (κ3) is 2.60. The summed E-state index contributed by atoms with van der Waals surface area (Å²) >= 11 is 0. The van der Waals surface area contributed by atoms with E-state index >= 15 is 0 Å². The van der Waals surface area contributed by atoms with Crippen LogP contribution in [-0.2, 0) is 11.2 Å². The largest absolute Gasteiger partial charge is 0.347 e. The summed E-state index contributed by atoms with van der Waals surface area (Å²) in [5.41, 5.74) is 3.10. The van der Waals surface area contributed by atoms with Gasteiger partial charge in [0.15, 0.2) is 0 Å². The van der Waals surface area contributed by atoms with Crippen molar-refractivity contribution in [2.24, 2.45) is 0 Å². The molecule has 0 spiro atoms. The maximum absolute atomic E-state index is 12.8. The summed E-state index contributed by atoms with van der Waals surface area (Å²) in [6.07, 6.45) is 2.87. The van der Waals surface area contributed by atoms with Crippen molar-refractivity contribution in [2.75, 3.05) is 0 Å². The first-order valence-corrected chi connectivity index (χ1v) is 8.93. The van der Waals surface area contributed by atoms with Gasteiger partial charge in [-0.05, 0) is 49.4 Å². The highest BCUT2D eigenvalue weighted by Gasteiger charge is 2.41. The summed E-state index contributed by atoms with van der Waals surface area (Å²) < 4.78 is 0. The molecule has 0 unspecified atom stereocenters. The van der Waals surface area contributed by atoms with Crippen LogP contribution in [0.2, 0.25) is 0 Å². The lowest BCUT2D eigenvalue weighted by molar-refractivity contribution is -0.125. The molecule has 132 valence electrons. The summed E-state index contributed by atoms with van der Waals surface area (Å²) in [7, 11) is 0. The Hall–Kier alpha value is -2.95. The molecule has 2 aromatic rings. The molecule has 26 heavy (non-hydrogen) atoms. The van der Waals surface area contributed by atoms with Crippen molar-refractivity contribution in [3.63, 3.8) is 0 Å². The first-order chi connectivity index (χ1) is 12.6. The Morgan fingerprint density at radius 3 is 2.35 bits per heavy atom. The average Bonchev–Trinajstić information content (AvgIpc) is 2.92. The summed E-state index contributed by atoms with van der Waals surface area (Å²) in [4.78, 5) is 39.0. The van der Waals surface area contributed by atoms with Crippen LogP contribution in [-0.4, -0.2) is 28.7 Å². The lowest BCUT2D eigenvalue weighted by Crippen LogP contribution is -2.48. The molecule has 1 aliphatic carbocycles. The smallest absolute Gasteiger partial charge is 0.262 e. The van der Waals surface area contributed by atoms with Gasteiger partial charge in [-0.3, -0.25) is 19.3 Å². The van der Waals surface area contributed by atoms with Crippen molar-refractivity contribution in [1.29, 1.82) is 0 Å². The molecule has 0 saturated heterocycles. The Kier molecular flexibility index (Phi) is 4.07. The Balaban J connectivity index is 1.53. The van der Waals surface area contributed by atoms with E-state index in [4.69, 9.17) is 0 Å². The van der Waals surface area contributed by atoms with E-state index in [9.17, 15) is 14.4 Å². The van der Waals surface area contributed by atoms with E-state index in [0.29, 0.717) is 11.1 Å². The van der Waals surface area contributed by atoms with Gasteiger partial charge in [0.25, 0.3) is 11.8 Å². The second-order valence-electron chi connectivity index (χ2n) is 6.85. The van der Waals surface area contributed by atoms with Crippen LogP contribution in [0.15, 0.2) is 48.5 Å². The molecule has 5 nitrogen and oxygen atoms in total. The van der Waals surface area contributed by atoms with Crippen molar-refractivity contribution in [1.82, 2.24) is 10.2 Å². The lowest BCUT2D eigenvalue weighted by atomic mass is 9.87. The average molecular weight is 348 g/mol. The molecule has 3 amide bonds. The second kappa shape index (κ2) is 6.41. The topological polar surface area (TPSA) is 66.5 Å². The normalized spacial score (nSPS) is 19.7. The zero-order valence-electron chi connectivity index (χ0n) is 14.6. The van der Waals surface area contributed by atoms with E-state index in [1.54, 1.807) is 31.2 Å². The van der Waals surface area contributed by atoms with Crippen molar-refractivity contribution in [2.45, 2.75) is 38.3 Å². The molecule has 0 saturated carbocycles. The molecule has 1 N–H and O–H groups in total. The fourth-order valence-electron chi connectivity index (χ4n) is 3.87. The molecule has 0 radical (unpaired) electrons. The molecule has 0 bridgehead atoms. The maximum Gasteiger partial charge on any atom is 0.262 e. The van der Waals surface area contributed by atoms with Crippen LogP contribution in [0.3, 0.4) is 0 Å². The van der Waals surface area contributed by atoms with E-state index in [0.717, 1.165) is 29.7 Å². The summed E-state index contributed by atoms with van der Waals surface area (Å²) in [6.45, 7) is 1.60. The molecule has 1 aliphatic heterocycles. The molecule has 2 aliphatic rings. The van der Waals surface area contributed by atoms with Crippen molar-refractivity contribution in [3.05, 3.63) is 70.8 Å². The fraction of sp³-hybridized carbons (Fsp3) is 0.286. The Morgan fingerprint density at radius 2 is 1.65 bits per heavy atom. The fourth-order valence-corrected chi connectivity index (χ4v) is 3.87. The number of imide groups is 1. The molecule has 1 heterocycles. The summed E-state index contributed by atoms with van der Waals surface area (Å²) in [6, 6.07) is 13.8. The molecule has 0 fully saturated rings. The van der Waals surface area contributed by atoms with Crippen molar-refractivity contribution >= 4 is 17.7 Å². The van der Waals surface area contributed by atoms with Crippen LogP contribution in [0.1, 0.15) is 57.7 Å². The van der Waals surface area contributed by atoms with Crippen LogP contribution in [0.25, 0.3) is 0 Å². The molecule has 5 heteroatoms. The number of rotatable bonds is 3. The van der Waals surface area contributed by atoms with E-state index < -0.39 is 17.9 Å². The molecular formula is C21H20N2O3. The predicted octanol–water partition coefficient (Wildman–Crippen LogP) is 2.86. The van der Waals surface area contributed by atoms with Gasteiger partial charge in [-0.15, -0.1) is 0 Å². The SMILES string of the molecule is C[C@H](C(=O)N[C@@H]1CCCc2ccccc21)N1C(=O)c2ccccc2C1=O. The minimum atomic E-state index is -0.850. The first kappa shape index (κ1) is 16.5. The molecule has 0 aromatic heterocycles. The lowest BCUT2D eigenvalue weighted by Gasteiger charge is -2.29. The molecule has 4 rings (SSSR count). The van der Waals surface area contributed by atoms with Gasteiger partial charge in [-0.1, -0.05) is 36.4 Å². The number of carbonyl (C=O) groups excluding carboxylic acids is 3. The third-order valence-corrected chi connectivity index (χ3v) is 5.28. The Labute approximate surface area is 152 Å². The maximum atomic E-state index is 12.8. The van der Waals surface area contributed by atoms with E-state index in [2.05, 4.69) is 11.4 Å². The Bertz CT molecular complexity index is 871. The van der Waals surface area contributed by atoms with Gasteiger partial charge in [0.1, 0.15) is 6.04 Å². The van der Waals surface area contributed by atoms with Crippen molar-refractivity contribution in [3.8, 4) is 0 Å². The van der Waals surface area contributed by atoms with Crippen LogP contribution in [0.4, 0.5) is 0 Å². The number of hydrogen-bond acceptors (Lipinski definition) is 3. The number of amides is 3. The number of carbonyl (C=O) groups is 3. The molecule has 2 aromatic carbocycles. The van der Waals surface area contributed by atoms with Gasteiger partial charge >= 0.3 is 0 Å². The van der Waals surface area contributed by atoms with Gasteiger partial charge in [0, 0.05) is 0 Å². The number of nitrogens with one attached hydrogen (secondary N) is 1. The molecular weight excluding hydrogens is 328 g/mol. The van der Waals surface area contributed by atoms with Crippen LogP contribution in [0.5, 0.6) is 0 Å². The highest BCUT2D eigenvalue weighted by atomic mass is 16.2. The van der Waals surface area contributed by atoms with Crippen molar-refractivity contribution < 1.29 is 14.4 Å². The standard InChI is InChI=1S/C21H20N2O3/c1-13(23-20(25)16-10-4-5-11-17(16)21(23)26)19(24)22-18-12-6-8-14-7-2-3-9-15(14)18/h2-5,7,9-11,13,18H,6,8,12H2,1H3,(H,22,24)/t13-,18-/m1/s1. The first-order valence-electron chi connectivity index (χ1n) is 8.93. The number of aryl methyl sites for hydroxylation is 1. The van der Waals surface area contributed by atoms with Gasteiger partial charge in [-0.2, -0.15) is 0 Å². The minimum absolute atomic E-state index is 0.0786. The zero-order chi connectivity index (χ0) is 18.3. The summed E-state index contributed by atoms with van der Waals surface area (Å²) in [5, 5.41) is 3.03. The summed E-state index contributed by atoms with van der Waals surface area (Å²) in [5.74, 6) is -1.12. The monoisotopic (exact) mass is 348 g/mol. The van der Waals surface area contributed by atoms with E-state index in [-0.39, 0.29) is 11.9 Å². The molecule has 2 atom stereocenters. The van der Waals surface area contributed by atoms with E-state index in [1.165, 1.54) is 5.56 Å². The van der Waals surface area contributed by atoms with Crippen LogP contribution in [0, 0.1) is 0 Å². The Morgan fingerprint density at radius 1 is 1.04 bits per heavy atom. The van der Waals surface area contributed by atoms with Crippen LogP contribution >= 0.6 is 0 Å². The zero-order valence-corrected chi connectivity index (χ0v) is 14.6. The number of nitrogens with zero attached hydrogens (tertiary/aromatic N) is 1. The van der Waals surface area contributed by atoms with E-state index in [1.807, 2.05) is 18.2 Å². The third-order valence-electron chi connectivity index (χ3n) is 5.28. The number of fused-ring (bicyclic) bond motifs is 2. The predicted molar refractivity (Wildman–Crippen MR) is 96.7 cm³/mol. The number of benzene rings is 2. The van der Waals surface area contributed by atoms with Gasteiger partial charge in [0.2, 0.25) is 5.91 Å². The van der Waals surface area contributed by atoms with Gasteiger partial charge in [-0.25, -0.2) is 0 Å². The quantitative estimate of drug-likeness (QED) is 0.868. The second-order valence-corrected chi connectivity index (χ2v) is 6.85.